The molecule has 36 heavy (non-hydrogen) atoms. The molecule has 2 aliphatic heterocycles. The van der Waals surface area contributed by atoms with Gasteiger partial charge < -0.3 is 29.6 Å². The van der Waals surface area contributed by atoms with Crippen molar-refractivity contribution in [2.45, 2.75) is 0 Å². The monoisotopic (exact) mass is 496 g/mol. The van der Waals surface area contributed by atoms with Gasteiger partial charge in [-0.05, 0) is 36.4 Å². The minimum absolute atomic E-state index is 0.184. The van der Waals surface area contributed by atoms with Crippen LogP contribution in [0.1, 0.15) is 11.1 Å². The first-order valence-corrected chi connectivity index (χ1v) is 10.4. The molecular weight excluding hydrogens is 472 g/mol. The van der Waals surface area contributed by atoms with Gasteiger partial charge in [-0.3, -0.25) is 20.2 Å². The van der Waals surface area contributed by atoms with Gasteiger partial charge in [0.05, 0.1) is 28.4 Å². The quantitative estimate of drug-likeness (QED) is 0.349. The molecule has 2 aliphatic rings. The molecule has 188 valence electrons. The number of hydrogen-bond acceptors (Lipinski definition) is 8. The molecule has 0 aromatic heterocycles. The van der Waals surface area contributed by atoms with Gasteiger partial charge in [0.1, 0.15) is 34.4 Å². The summed E-state index contributed by atoms with van der Waals surface area (Å²) < 4.78 is 20.5. The fourth-order valence-electron chi connectivity index (χ4n) is 3.15. The highest BCUT2D eigenvalue weighted by atomic mass is 16.5. The lowest BCUT2D eigenvalue weighted by Gasteiger charge is -2.07. The van der Waals surface area contributed by atoms with Crippen LogP contribution in [0, 0.1) is 0 Å². The van der Waals surface area contributed by atoms with Gasteiger partial charge in [0.25, 0.3) is 11.8 Å². The fraction of sp³-hybridized carbons (Fsp3) is 0.167. The lowest BCUT2D eigenvalue weighted by Crippen LogP contribution is -2.22. The van der Waals surface area contributed by atoms with Crippen LogP contribution in [0.3, 0.4) is 0 Å². The Labute approximate surface area is 206 Å². The normalized spacial score (nSPS) is 16.4. The second-order valence-corrected chi connectivity index (χ2v) is 7.15. The van der Waals surface area contributed by atoms with Crippen molar-refractivity contribution >= 4 is 36.0 Å². The van der Waals surface area contributed by atoms with Crippen molar-refractivity contribution in [3.63, 3.8) is 0 Å². The van der Waals surface area contributed by atoms with E-state index in [0.29, 0.717) is 34.1 Å². The summed E-state index contributed by atoms with van der Waals surface area (Å²) >= 11 is 0. The zero-order valence-corrected chi connectivity index (χ0v) is 19.9. The number of hydrogen-bond donors (Lipinski definition) is 4. The zero-order chi connectivity index (χ0) is 26.2. The van der Waals surface area contributed by atoms with E-state index in [1.54, 1.807) is 62.8 Å². The Bertz CT molecular complexity index is 1170. The number of carbonyl (C=O) groups is 4. The Hall–Kier alpha value is -5.00. The lowest BCUT2D eigenvalue weighted by atomic mass is 10.1. The van der Waals surface area contributed by atoms with Gasteiger partial charge in [-0.2, -0.15) is 0 Å². The minimum Gasteiger partial charge on any atom is -0.497 e. The first-order valence-electron chi connectivity index (χ1n) is 10.4. The molecule has 0 unspecified atom stereocenters. The number of nitrogens with one attached hydrogen (secondary N) is 4. The first kappa shape index (κ1) is 25.6. The number of ether oxygens (including phenoxy) is 4. The Kier molecular flexibility index (Phi) is 8.13. The van der Waals surface area contributed by atoms with Crippen LogP contribution in [0.15, 0.2) is 47.8 Å². The van der Waals surface area contributed by atoms with Crippen molar-refractivity contribution in [2.75, 3.05) is 28.4 Å². The second-order valence-electron chi connectivity index (χ2n) is 7.15. The summed E-state index contributed by atoms with van der Waals surface area (Å²) in [5.41, 5.74) is 1.71. The van der Waals surface area contributed by atoms with E-state index in [9.17, 15) is 19.2 Å². The van der Waals surface area contributed by atoms with Gasteiger partial charge >= 0.3 is 12.1 Å². The van der Waals surface area contributed by atoms with E-state index >= 15 is 0 Å². The van der Waals surface area contributed by atoms with Crippen LogP contribution < -0.4 is 40.2 Å². The van der Waals surface area contributed by atoms with E-state index in [2.05, 4.69) is 21.3 Å². The molecule has 0 spiro atoms. The smallest absolute Gasteiger partial charge is 0.326 e. The van der Waals surface area contributed by atoms with Crippen molar-refractivity contribution in [2.24, 2.45) is 0 Å². The molecule has 2 saturated heterocycles. The number of methoxy groups -OCH3 is 4. The average Bonchev–Trinajstić information content (AvgIpc) is 3.37. The van der Waals surface area contributed by atoms with Gasteiger partial charge in [-0.1, -0.05) is 0 Å². The van der Waals surface area contributed by atoms with Crippen LogP contribution >= 0.6 is 0 Å². The number of urea groups is 2. The van der Waals surface area contributed by atoms with E-state index in [0.717, 1.165) is 0 Å². The van der Waals surface area contributed by atoms with Crippen LogP contribution in [0.4, 0.5) is 9.59 Å². The van der Waals surface area contributed by atoms with Gasteiger partial charge in [-0.25, -0.2) is 9.59 Å². The van der Waals surface area contributed by atoms with Crippen molar-refractivity contribution in [1.29, 1.82) is 0 Å². The van der Waals surface area contributed by atoms with Crippen LogP contribution in [0.2, 0.25) is 0 Å². The Balaban J connectivity index is 0.000000201. The molecule has 6 amide bonds. The molecule has 4 rings (SSSR count). The summed E-state index contributed by atoms with van der Waals surface area (Å²) in [5.74, 6) is 1.48. The molecule has 2 aromatic carbocycles. The molecular formula is C24H24N4O8. The summed E-state index contributed by atoms with van der Waals surface area (Å²) in [4.78, 5) is 44.7. The third-order valence-electron chi connectivity index (χ3n) is 4.92. The van der Waals surface area contributed by atoms with Crippen molar-refractivity contribution < 1.29 is 38.1 Å². The van der Waals surface area contributed by atoms with Crippen molar-refractivity contribution in [1.82, 2.24) is 21.3 Å². The molecule has 12 heteroatoms. The Morgan fingerprint density at radius 3 is 1.22 bits per heavy atom. The van der Waals surface area contributed by atoms with Crippen molar-refractivity contribution in [3.8, 4) is 23.0 Å². The summed E-state index contributed by atoms with van der Waals surface area (Å²) in [6.07, 6.45) is 3.08. The second kappa shape index (κ2) is 11.4. The van der Waals surface area contributed by atoms with Crippen LogP contribution in [0.25, 0.3) is 12.2 Å². The molecule has 4 N–H and O–H groups in total. The topological polar surface area (TPSA) is 153 Å². The van der Waals surface area contributed by atoms with E-state index in [4.69, 9.17) is 18.9 Å². The number of rotatable bonds is 6. The van der Waals surface area contributed by atoms with E-state index in [-0.39, 0.29) is 11.4 Å². The molecule has 0 atom stereocenters. The molecule has 2 aromatic rings. The predicted molar refractivity (Wildman–Crippen MR) is 128 cm³/mol. The third kappa shape index (κ3) is 6.11. The maximum atomic E-state index is 11.4. The molecule has 0 aliphatic carbocycles. The maximum Gasteiger partial charge on any atom is 0.326 e. The first-order chi connectivity index (χ1) is 17.3. The molecule has 2 fully saturated rings. The van der Waals surface area contributed by atoms with Gasteiger partial charge in [0, 0.05) is 23.3 Å². The number of benzene rings is 2. The van der Waals surface area contributed by atoms with Gasteiger partial charge in [0.15, 0.2) is 0 Å². The number of carbonyl (C=O) groups excluding carboxylic acids is 4. The van der Waals surface area contributed by atoms with E-state index < -0.39 is 23.9 Å². The molecule has 2 heterocycles. The van der Waals surface area contributed by atoms with Crippen molar-refractivity contribution in [3.05, 3.63) is 58.9 Å². The van der Waals surface area contributed by atoms with E-state index in [1.807, 2.05) is 0 Å². The van der Waals surface area contributed by atoms with Gasteiger partial charge in [-0.15, -0.1) is 0 Å². The highest BCUT2D eigenvalue weighted by molar-refractivity contribution is 6.14. The average molecular weight is 496 g/mol. The highest BCUT2D eigenvalue weighted by Gasteiger charge is 2.24. The van der Waals surface area contributed by atoms with E-state index in [1.165, 1.54) is 14.2 Å². The summed E-state index contributed by atoms with van der Waals surface area (Å²) in [5, 5.41) is 9.06. The van der Waals surface area contributed by atoms with Crippen LogP contribution in [0.5, 0.6) is 23.0 Å². The third-order valence-corrected chi connectivity index (χ3v) is 4.92. The fourth-order valence-corrected chi connectivity index (χ4v) is 3.15. The summed E-state index contributed by atoms with van der Waals surface area (Å²) in [6, 6.07) is 9.29. The maximum absolute atomic E-state index is 11.4. The number of amides is 6. The minimum atomic E-state index is -0.529. The van der Waals surface area contributed by atoms with Crippen LogP contribution in [-0.4, -0.2) is 52.3 Å². The van der Waals surface area contributed by atoms with Crippen LogP contribution in [-0.2, 0) is 9.59 Å². The summed E-state index contributed by atoms with van der Waals surface area (Å²) in [7, 11) is 6.14. The summed E-state index contributed by atoms with van der Waals surface area (Å²) in [6.45, 7) is 0. The molecule has 0 saturated carbocycles. The standard InChI is InChI=1S/2C12H12N2O4/c2*1-17-8-4-3-7(10(6-8)18-2)5-9-11(15)14-12(16)13-9/h2*3-6H,1-2H3,(H2,13,14,15,16)/b2*9-5-. The SMILES string of the molecule is COc1ccc(/C=C2\NC(=O)NC2=O)c(OC)c1.COc1ccc(/C=C2\NC(=O)NC2=O)c(OC)c1. The Morgan fingerprint density at radius 1 is 0.556 bits per heavy atom. The molecule has 0 radical (unpaired) electrons. The number of imide groups is 2. The highest BCUT2D eigenvalue weighted by Crippen LogP contribution is 2.27. The zero-order valence-electron chi connectivity index (χ0n) is 19.9. The van der Waals surface area contributed by atoms with Gasteiger partial charge in [0.2, 0.25) is 0 Å². The predicted octanol–water partition coefficient (Wildman–Crippen LogP) is 1.77. The molecule has 12 nitrogen and oxygen atoms in total. The molecule has 0 bridgehead atoms. The largest absolute Gasteiger partial charge is 0.497 e. The Morgan fingerprint density at radius 2 is 0.944 bits per heavy atom. The lowest BCUT2D eigenvalue weighted by molar-refractivity contribution is -0.116.